The van der Waals surface area contributed by atoms with Crippen molar-refractivity contribution in [3.8, 4) is 0 Å². The number of Topliss-reactive ketones (excluding diaryl/α,β-unsaturated/α-hetero) is 1. The minimum absolute atomic E-state index is 0.118. The van der Waals surface area contributed by atoms with Crippen LogP contribution in [0.3, 0.4) is 0 Å². The molecule has 1 aromatic rings. The third kappa shape index (κ3) is 1.21. The number of ether oxygens (including phenoxy) is 1. The minimum Gasteiger partial charge on any atom is -0.468 e. The van der Waals surface area contributed by atoms with Crippen molar-refractivity contribution in [3.63, 3.8) is 0 Å². The van der Waals surface area contributed by atoms with Gasteiger partial charge in [-0.05, 0) is 12.0 Å². The van der Waals surface area contributed by atoms with Crippen LogP contribution in [0.4, 0.5) is 0 Å². The molecule has 1 aromatic carbocycles. The number of methoxy groups -OCH3 is 1. The van der Waals surface area contributed by atoms with Crippen molar-refractivity contribution in [3.05, 3.63) is 35.4 Å². The first kappa shape index (κ1) is 8.94. The van der Waals surface area contributed by atoms with E-state index in [1.54, 1.807) is 12.1 Å². The lowest BCUT2D eigenvalue weighted by atomic mass is 10.1. The molecule has 0 fully saturated rings. The number of hydrogen-bond acceptors (Lipinski definition) is 3. The molecule has 0 N–H and O–H groups in total. The van der Waals surface area contributed by atoms with E-state index in [0.717, 1.165) is 5.56 Å². The minimum atomic E-state index is -0.627. The number of hydrogen-bond donors (Lipinski definition) is 0. The fourth-order valence-corrected chi connectivity index (χ4v) is 1.77. The van der Waals surface area contributed by atoms with Crippen molar-refractivity contribution in [1.29, 1.82) is 0 Å². The van der Waals surface area contributed by atoms with Gasteiger partial charge in [-0.1, -0.05) is 24.3 Å². The Morgan fingerprint density at radius 2 is 2.14 bits per heavy atom. The SMILES string of the molecule is COC(=O)[C@H]1Cc2ccccc2C1=O. The summed E-state index contributed by atoms with van der Waals surface area (Å²) >= 11 is 0. The summed E-state index contributed by atoms with van der Waals surface area (Å²) in [4.78, 5) is 22.9. The van der Waals surface area contributed by atoms with Crippen LogP contribution < -0.4 is 0 Å². The number of benzene rings is 1. The van der Waals surface area contributed by atoms with Gasteiger partial charge in [0.1, 0.15) is 5.92 Å². The number of esters is 1. The number of carbonyl (C=O) groups excluding carboxylic acids is 2. The molecule has 0 heterocycles. The molecule has 0 aromatic heterocycles. The largest absolute Gasteiger partial charge is 0.468 e. The Bertz CT molecular complexity index is 395. The summed E-state index contributed by atoms with van der Waals surface area (Å²) in [7, 11) is 1.30. The molecule has 14 heavy (non-hydrogen) atoms. The maximum Gasteiger partial charge on any atom is 0.316 e. The van der Waals surface area contributed by atoms with Gasteiger partial charge in [-0.3, -0.25) is 9.59 Å². The summed E-state index contributed by atoms with van der Waals surface area (Å²) in [6.45, 7) is 0. The van der Waals surface area contributed by atoms with Gasteiger partial charge in [-0.2, -0.15) is 0 Å². The highest BCUT2D eigenvalue weighted by molar-refractivity contribution is 6.12. The van der Waals surface area contributed by atoms with Crippen LogP contribution in [-0.2, 0) is 16.0 Å². The van der Waals surface area contributed by atoms with Crippen molar-refractivity contribution in [2.24, 2.45) is 5.92 Å². The molecule has 3 nitrogen and oxygen atoms in total. The molecule has 3 heteroatoms. The van der Waals surface area contributed by atoms with Crippen LogP contribution in [0.2, 0.25) is 0 Å². The molecule has 1 aliphatic rings. The molecule has 1 atom stereocenters. The van der Waals surface area contributed by atoms with Gasteiger partial charge in [0.05, 0.1) is 7.11 Å². The lowest BCUT2D eigenvalue weighted by molar-refractivity contribution is -0.143. The van der Waals surface area contributed by atoms with Crippen LogP contribution in [-0.4, -0.2) is 18.9 Å². The second-order valence-corrected chi connectivity index (χ2v) is 3.30. The second kappa shape index (κ2) is 3.25. The molecule has 0 unspecified atom stereocenters. The van der Waals surface area contributed by atoms with Gasteiger partial charge in [-0.15, -0.1) is 0 Å². The van der Waals surface area contributed by atoms with Crippen LogP contribution in [0.5, 0.6) is 0 Å². The summed E-state index contributed by atoms with van der Waals surface area (Å²) in [6.07, 6.45) is 0.474. The van der Waals surface area contributed by atoms with E-state index in [4.69, 9.17) is 0 Å². The van der Waals surface area contributed by atoms with Gasteiger partial charge in [0.25, 0.3) is 0 Å². The van der Waals surface area contributed by atoms with Crippen LogP contribution in [0.1, 0.15) is 15.9 Å². The normalized spacial score (nSPS) is 19.2. The average Bonchev–Trinajstić information content (AvgIpc) is 2.56. The third-order valence-electron chi connectivity index (χ3n) is 2.51. The van der Waals surface area contributed by atoms with Gasteiger partial charge in [-0.25, -0.2) is 0 Å². The zero-order valence-corrected chi connectivity index (χ0v) is 7.82. The van der Waals surface area contributed by atoms with E-state index in [9.17, 15) is 9.59 Å². The molecule has 2 rings (SSSR count). The third-order valence-corrected chi connectivity index (χ3v) is 2.51. The van der Waals surface area contributed by atoms with E-state index in [-0.39, 0.29) is 5.78 Å². The molecule has 0 amide bonds. The lowest BCUT2D eigenvalue weighted by Gasteiger charge is -2.03. The summed E-state index contributed by atoms with van der Waals surface area (Å²) in [5.74, 6) is -1.18. The summed E-state index contributed by atoms with van der Waals surface area (Å²) in [5.41, 5.74) is 1.59. The number of fused-ring (bicyclic) bond motifs is 1. The molecule has 1 aliphatic carbocycles. The summed E-state index contributed by atoms with van der Waals surface area (Å²) in [5, 5.41) is 0. The Labute approximate surface area is 81.7 Å². The molecular formula is C11H10O3. The number of rotatable bonds is 1. The van der Waals surface area contributed by atoms with E-state index >= 15 is 0 Å². The highest BCUT2D eigenvalue weighted by Gasteiger charge is 2.35. The smallest absolute Gasteiger partial charge is 0.316 e. The maximum absolute atomic E-state index is 11.7. The van der Waals surface area contributed by atoms with Gasteiger partial charge >= 0.3 is 5.97 Å². The van der Waals surface area contributed by atoms with E-state index in [1.165, 1.54) is 7.11 Å². The fourth-order valence-electron chi connectivity index (χ4n) is 1.77. The van der Waals surface area contributed by atoms with Crippen molar-refractivity contribution >= 4 is 11.8 Å². The molecule has 0 saturated carbocycles. The molecule has 0 radical (unpaired) electrons. The first-order valence-corrected chi connectivity index (χ1v) is 4.44. The summed E-state index contributed by atoms with van der Waals surface area (Å²) < 4.78 is 4.58. The van der Waals surface area contributed by atoms with E-state index in [2.05, 4.69) is 4.74 Å². The standard InChI is InChI=1S/C11H10O3/c1-14-11(13)9-6-7-4-2-3-5-8(7)10(9)12/h2-5,9H,6H2,1H3/t9-/m0/s1. The van der Waals surface area contributed by atoms with E-state index in [1.807, 2.05) is 12.1 Å². The van der Waals surface area contributed by atoms with Crippen LogP contribution in [0.15, 0.2) is 24.3 Å². The van der Waals surface area contributed by atoms with Gasteiger partial charge in [0.15, 0.2) is 5.78 Å². The molecule has 0 aliphatic heterocycles. The van der Waals surface area contributed by atoms with Crippen LogP contribution >= 0.6 is 0 Å². The zero-order chi connectivity index (χ0) is 10.1. The molecule has 0 bridgehead atoms. The number of carbonyl (C=O) groups is 2. The van der Waals surface area contributed by atoms with Gasteiger partial charge in [0.2, 0.25) is 0 Å². The Kier molecular flexibility index (Phi) is 2.08. The topological polar surface area (TPSA) is 43.4 Å². The molecule has 72 valence electrons. The predicted octanol–water partition coefficient (Wildman–Crippen LogP) is 1.21. The Hall–Kier alpha value is -1.64. The lowest BCUT2D eigenvalue weighted by Crippen LogP contribution is -2.21. The van der Waals surface area contributed by atoms with Crippen LogP contribution in [0.25, 0.3) is 0 Å². The average molecular weight is 190 g/mol. The first-order valence-electron chi connectivity index (χ1n) is 4.44. The zero-order valence-electron chi connectivity index (χ0n) is 7.82. The first-order chi connectivity index (χ1) is 6.74. The highest BCUT2D eigenvalue weighted by Crippen LogP contribution is 2.26. The monoisotopic (exact) mass is 190 g/mol. The second-order valence-electron chi connectivity index (χ2n) is 3.30. The van der Waals surface area contributed by atoms with Gasteiger partial charge < -0.3 is 4.74 Å². The Balaban J connectivity index is 2.35. The quantitative estimate of drug-likeness (QED) is 0.494. The Morgan fingerprint density at radius 1 is 1.43 bits per heavy atom. The molecular weight excluding hydrogens is 180 g/mol. The van der Waals surface area contributed by atoms with Crippen molar-refractivity contribution in [1.82, 2.24) is 0 Å². The fraction of sp³-hybridized carbons (Fsp3) is 0.273. The van der Waals surface area contributed by atoms with E-state index in [0.29, 0.717) is 12.0 Å². The number of ketones is 1. The molecule has 0 saturated heterocycles. The van der Waals surface area contributed by atoms with Crippen molar-refractivity contribution in [2.75, 3.05) is 7.11 Å². The summed E-state index contributed by atoms with van der Waals surface area (Å²) in [6, 6.07) is 7.29. The predicted molar refractivity (Wildman–Crippen MR) is 50.0 cm³/mol. The maximum atomic E-state index is 11.7. The highest BCUT2D eigenvalue weighted by atomic mass is 16.5. The van der Waals surface area contributed by atoms with Gasteiger partial charge in [0, 0.05) is 5.56 Å². The Morgan fingerprint density at radius 3 is 2.79 bits per heavy atom. The molecule has 0 spiro atoms. The van der Waals surface area contributed by atoms with E-state index < -0.39 is 11.9 Å². The van der Waals surface area contributed by atoms with Crippen LogP contribution in [0, 0.1) is 5.92 Å². The van der Waals surface area contributed by atoms with Crippen molar-refractivity contribution < 1.29 is 14.3 Å². The van der Waals surface area contributed by atoms with Crippen molar-refractivity contribution in [2.45, 2.75) is 6.42 Å².